The molecule has 0 radical (unpaired) electrons. The van der Waals surface area contributed by atoms with E-state index in [1.165, 1.54) is 6.07 Å². The fraction of sp³-hybridized carbons (Fsp3) is 0.294. The SMILES string of the molecule is O=[N+]([O-])c1cc(Cl)ccc1N1CCC(NS(=O)(=O)c2ccccc2)CC1. The Labute approximate surface area is 156 Å². The molecule has 0 spiro atoms. The van der Waals surface area contributed by atoms with E-state index in [4.69, 9.17) is 11.6 Å². The van der Waals surface area contributed by atoms with Crippen LogP contribution in [-0.2, 0) is 10.0 Å². The number of hydrogen-bond acceptors (Lipinski definition) is 5. The van der Waals surface area contributed by atoms with Gasteiger partial charge in [0.25, 0.3) is 5.69 Å². The normalized spacial score (nSPS) is 15.8. The van der Waals surface area contributed by atoms with Crippen molar-refractivity contribution in [2.45, 2.75) is 23.8 Å². The molecule has 0 unspecified atom stereocenters. The van der Waals surface area contributed by atoms with E-state index in [0.29, 0.717) is 36.6 Å². The van der Waals surface area contributed by atoms with E-state index in [0.717, 1.165) is 0 Å². The summed E-state index contributed by atoms with van der Waals surface area (Å²) in [6.45, 7) is 1.04. The fourth-order valence-electron chi connectivity index (χ4n) is 3.04. The molecule has 1 saturated heterocycles. The van der Waals surface area contributed by atoms with Gasteiger partial charge in [-0.25, -0.2) is 13.1 Å². The summed E-state index contributed by atoms with van der Waals surface area (Å²) in [5, 5.41) is 11.6. The minimum atomic E-state index is -3.56. The number of nitrogens with zero attached hydrogens (tertiary/aromatic N) is 2. The zero-order chi connectivity index (χ0) is 18.7. The van der Waals surface area contributed by atoms with Crippen LogP contribution in [0.3, 0.4) is 0 Å². The molecule has 0 aromatic heterocycles. The summed E-state index contributed by atoms with van der Waals surface area (Å²) in [7, 11) is -3.56. The van der Waals surface area contributed by atoms with Crippen LogP contribution in [0.25, 0.3) is 0 Å². The maximum atomic E-state index is 12.4. The monoisotopic (exact) mass is 395 g/mol. The van der Waals surface area contributed by atoms with Crippen molar-refractivity contribution in [1.29, 1.82) is 0 Å². The van der Waals surface area contributed by atoms with Gasteiger partial charge in [0.15, 0.2) is 0 Å². The minimum Gasteiger partial charge on any atom is -0.366 e. The van der Waals surface area contributed by atoms with Crippen molar-refractivity contribution in [3.63, 3.8) is 0 Å². The summed E-state index contributed by atoms with van der Waals surface area (Å²) in [4.78, 5) is 12.9. The maximum absolute atomic E-state index is 12.4. The molecule has 0 aliphatic carbocycles. The molecule has 0 bridgehead atoms. The van der Waals surface area contributed by atoms with Gasteiger partial charge < -0.3 is 4.90 Å². The second kappa shape index (κ2) is 7.61. The lowest BCUT2D eigenvalue weighted by Gasteiger charge is -2.33. The molecule has 1 aliphatic rings. The van der Waals surface area contributed by atoms with Crippen LogP contribution in [0.1, 0.15) is 12.8 Å². The van der Waals surface area contributed by atoms with Gasteiger partial charge in [0.05, 0.1) is 9.82 Å². The van der Waals surface area contributed by atoms with Gasteiger partial charge in [-0.15, -0.1) is 0 Å². The van der Waals surface area contributed by atoms with Crippen LogP contribution in [0.5, 0.6) is 0 Å². The van der Waals surface area contributed by atoms with Crippen molar-refractivity contribution in [2.24, 2.45) is 0 Å². The Morgan fingerprint density at radius 3 is 2.38 bits per heavy atom. The maximum Gasteiger partial charge on any atom is 0.294 e. The number of rotatable bonds is 5. The van der Waals surface area contributed by atoms with E-state index >= 15 is 0 Å². The summed E-state index contributed by atoms with van der Waals surface area (Å²) < 4.78 is 27.5. The van der Waals surface area contributed by atoms with E-state index in [1.54, 1.807) is 42.5 Å². The fourth-order valence-corrected chi connectivity index (χ4v) is 4.53. The first-order valence-corrected chi connectivity index (χ1v) is 9.99. The van der Waals surface area contributed by atoms with Gasteiger partial charge in [-0.3, -0.25) is 10.1 Å². The lowest BCUT2D eigenvalue weighted by Crippen LogP contribution is -2.44. The summed E-state index contributed by atoms with van der Waals surface area (Å²) in [5.41, 5.74) is 0.463. The van der Waals surface area contributed by atoms with Crippen molar-refractivity contribution in [1.82, 2.24) is 4.72 Å². The molecule has 0 amide bonds. The third-order valence-corrected chi connectivity index (χ3v) is 6.12. The molecule has 138 valence electrons. The van der Waals surface area contributed by atoms with Crippen LogP contribution in [0.4, 0.5) is 11.4 Å². The van der Waals surface area contributed by atoms with E-state index in [-0.39, 0.29) is 16.6 Å². The van der Waals surface area contributed by atoms with Crippen LogP contribution in [0, 0.1) is 10.1 Å². The quantitative estimate of drug-likeness (QED) is 0.619. The number of piperidine rings is 1. The van der Waals surface area contributed by atoms with Crippen LogP contribution in [-0.4, -0.2) is 32.5 Å². The number of anilines is 1. The Bertz CT molecular complexity index is 897. The molecular formula is C17H18ClN3O4S. The predicted octanol–water partition coefficient (Wildman–Crippen LogP) is 3.20. The number of nitro benzene ring substituents is 1. The number of benzene rings is 2. The molecular weight excluding hydrogens is 378 g/mol. The van der Waals surface area contributed by atoms with Crippen molar-refractivity contribution in [2.75, 3.05) is 18.0 Å². The van der Waals surface area contributed by atoms with Gasteiger partial charge in [0.2, 0.25) is 10.0 Å². The molecule has 2 aromatic rings. The van der Waals surface area contributed by atoms with Gasteiger partial charge in [0.1, 0.15) is 5.69 Å². The number of sulfonamides is 1. The average Bonchev–Trinajstić information content (AvgIpc) is 2.63. The van der Waals surface area contributed by atoms with Crippen LogP contribution in [0.15, 0.2) is 53.4 Å². The van der Waals surface area contributed by atoms with Gasteiger partial charge in [-0.2, -0.15) is 0 Å². The first kappa shape index (κ1) is 18.6. The number of halogens is 1. The van der Waals surface area contributed by atoms with E-state index in [9.17, 15) is 18.5 Å². The lowest BCUT2D eigenvalue weighted by molar-refractivity contribution is -0.384. The molecule has 1 N–H and O–H groups in total. The summed E-state index contributed by atoms with van der Waals surface area (Å²) in [6.07, 6.45) is 1.12. The van der Waals surface area contributed by atoms with Gasteiger partial charge in [-0.05, 0) is 37.1 Å². The third kappa shape index (κ3) is 4.14. The third-order valence-electron chi connectivity index (χ3n) is 4.35. The Morgan fingerprint density at radius 1 is 1.12 bits per heavy atom. The molecule has 1 fully saturated rings. The summed E-state index contributed by atoms with van der Waals surface area (Å²) in [5.74, 6) is 0. The number of nitrogens with one attached hydrogen (secondary N) is 1. The van der Waals surface area contributed by atoms with Crippen molar-refractivity contribution in [3.05, 3.63) is 63.7 Å². The van der Waals surface area contributed by atoms with E-state index in [1.807, 2.05) is 4.90 Å². The topological polar surface area (TPSA) is 92.6 Å². The molecule has 26 heavy (non-hydrogen) atoms. The largest absolute Gasteiger partial charge is 0.366 e. The first-order valence-electron chi connectivity index (χ1n) is 8.13. The van der Waals surface area contributed by atoms with Crippen LogP contribution >= 0.6 is 11.6 Å². The molecule has 1 aliphatic heterocycles. The molecule has 3 rings (SSSR count). The molecule has 2 aromatic carbocycles. The van der Waals surface area contributed by atoms with Gasteiger partial charge in [-0.1, -0.05) is 29.8 Å². The highest BCUT2D eigenvalue weighted by molar-refractivity contribution is 7.89. The number of nitro groups is 1. The highest BCUT2D eigenvalue weighted by atomic mass is 35.5. The van der Waals surface area contributed by atoms with E-state index < -0.39 is 14.9 Å². The Balaban J connectivity index is 1.68. The Morgan fingerprint density at radius 2 is 1.77 bits per heavy atom. The zero-order valence-corrected chi connectivity index (χ0v) is 15.4. The van der Waals surface area contributed by atoms with Gasteiger partial charge >= 0.3 is 0 Å². The Kier molecular flexibility index (Phi) is 5.45. The number of hydrogen-bond donors (Lipinski definition) is 1. The second-order valence-corrected chi connectivity index (χ2v) is 8.24. The molecule has 0 saturated carbocycles. The Hall–Kier alpha value is -2.16. The van der Waals surface area contributed by atoms with Crippen molar-refractivity contribution in [3.8, 4) is 0 Å². The van der Waals surface area contributed by atoms with Crippen molar-refractivity contribution < 1.29 is 13.3 Å². The smallest absolute Gasteiger partial charge is 0.294 e. The summed E-state index contributed by atoms with van der Waals surface area (Å²) in [6, 6.07) is 12.6. The first-order chi connectivity index (χ1) is 12.4. The lowest BCUT2D eigenvalue weighted by atomic mass is 10.1. The highest BCUT2D eigenvalue weighted by Gasteiger charge is 2.27. The van der Waals surface area contributed by atoms with Gasteiger partial charge in [0, 0.05) is 30.2 Å². The van der Waals surface area contributed by atoms with E-state index in [2.05, 4.69) is 4.72 Å². The van der Waals surface area contributed by atoms with Crippen LogP contribution in [0.2, 0.25) is 5.02 Å². The second-order valence-electron chi connectivity index (χ2n) is 6.09. The highest BCUT2D eigenvalue weighted by Crippen LogP contribution is 2.32. The van der Waals surface area contributed by atoms with Crippen LogP contribution < -0.4 is 9.62 Å². The average molecular weight is 396 g/mol. The minimum absolute atomic E-state index is 0.0409. The zero-order valence-electron chi connectivity index (χ0n) is 13.8. The molecule has 7 nitrogen and oxygen atoms in total. The molecule has 1 heterocycles. The predicted molar refractivity (Wildman–Crippen MR) is 100 cm³/mol. The molecule has 0 atom stereocenters. The summed E-state index contributed by atoms with van der Waals surface area (Å²) >= 11 is 5.85. The molecule has 9 heteroatoms. The standard InChI is InChI=1S/C17H18ClN3O4S/c18-13-6-7-16(17(12-13)21(22)23)20-10-8-14(9-11-20)19-26(24,25)15-4-2-1-3-5-15/h1-7,12,14,19H,8-11H2. The van der Waals surface area contributed by atoms with Crippen molar-refractivity contribution >= 4 is 33.0 Å².